The van der Waals surface area contributed by atoms with Gasteiger partial charge < -0.3 is 14.0 Å². The first-order valence-corrected chi connectivity index (χ1v) is 11.0. The number of hydrazone groups is 1. The van der Waals surface area contributed by atoms with Crippen LogP contribution < -0.4 is 14.9 Å². The molecule has 1 amide bonds. The fraction of sp³-hybridized carbons (Fsp3) is 0.185. The number of rotatable bonds is 9. The maximum atomic E-state index is 12.3. The predicted molar refractivity (Wildman–Crippen MR) is 131 cm³/mol. The highest BCUT2D eigenvalue weighted by atomic mass is 16.5. The van der Waals surface area contributed by atoms with Gasteiger partial charge in [0.2, 0.25) is 0 Å². The van der Waals surface area contributed by atoms with Crippen molar-refractivity contribution in [3.05, 3.63) is 95.7 Å². The van der Waals surface area contributed by atoms with Gasteiger partial charge in [0.15, 0.2) is 18.1 Å². The Morgan fingerprint density at radius 3 is 2.36 bits per heavy atom. The van der Waals surface area contributed by atoms with E-state index < -0.39 is 0 Å². The molecule has 0 saturated carbocycles. The average Bonchev–Trinajstić information content (AvgIpc) is 3.10. The highest BCUT2D eigenvalue weighted by molar-refractivity contribution is 6.01. The molecular weight excluding hydrogens is 414 g/mol. The van der Waals surface area contributed by atoms with Crippen molar-refractivity contribution >= 4 is 23.0 Å². The van der Waals surface area contributed by atoms with Crippen LogP contribution in [0.5, 0.6) is 11.5 Å². The van der Waals surface area contributed by atoms with Gasteiger partial charge in [-0.05, 0) is 37.6 Å². The van der Waals surface area contributed by atoms with Crippen molar-refractivity contribution < 1.29 is 14.3 Å². The highest BCUT2D eigenvalue weighted by Crippen LogP contribution is 2.27. The Kier molecular flexibility index (Phi) is 7.05. The number of para-hydroxylation sites is 3. The summed E-state index contributed by atoms with van der Waals surface area (Å²) in [5.41, 5.74) is 6.97. The van der Waals surface area contributed by atoms with E-state index in [4.69, 9.17) is 9.47 Å². The first kappa shape index (κ1) is 22.1. The molecule has 0 spiro atoms. The molecule has 0 saturated heterocycles. The summed E-state index contributed by atoms with van der Waals surface area (Å²) in [5.74, 6) is 0.791. The zero-order valence-corrected chi connectivity index (χ0v) is 18.8. The SMILES string of the molecule is CCOc1ccccc1OCC(=O)NN=Cc1c(C)n(Cc2ccccc2)c2ccccc12. The summed E-state index contributed by atoms with van der Waals surface area (Å²) in [4.78, 5) is 12.3. The molecule has 4 rings (SSSR count). The smallest absolute Gasteiger partial charge is 0.277 e. The van der Waals surface area contributed by atoms with Crippen LogP contribution >= 0.6 is 0 Å². The summed E-state index contributed by atoms with van der Waals surface area (Å²) in [6, 6.07) is 25.8. The molecule has 6 heteroatoms. The van der Waals surface area contributed by atoms with Crippen molar-refractivity contribution in [2.45, 2.75) is 20.4 Å². The van der Waals surface area contributed by atoms with Crippen LogP contribution in [0.2, 0.25) is 0 Å². The van der Waals surface area contributed by atoms with Gasteiger partial charge in [0.1, 0.15) is 0 Å². The van der Waals surface area contributed by atoms with E-state index in [-0.39, 0.29) is 12.5 Å². The summed E-state index contributed by atoms with van der Waals surface area (Å²) in [7, 11) is 0. The molecule has 3 aromatic carbocycles. The minimum absolute atomic E-state index is 0.157. The van der Waals surface area contributed by atoms with E-state index in [2.05, 4.69) is 46.3 Å². The van der Waals surface area contributed by atoms with E-state index in [1.54, 1.807) is 12.3 Å². The van der Waals surface area contributed by atoms with Crippen molar-refractivity contribution in [2.75, 3.05) is 13.2 Å². The molecule has 33 heavy (non-hydrogen) atoms. The molecule has 4 aromatic rings. The third kappa shape index (κ3) is 5.23. The van der Waals surface area contributed by atoms with Crippen LogP contribution in [0.25, 0.3) is 10.9 Å². The zero-order valence-electron chi connectivity index (χ0n) is 18.8. The summed E-state index contributed by atoms with van der Waals surface area (Å²) in [6.07, 6.45) is 1.70. The second kappa shape index (κ2) is 10.5. The van der Waals surface area contributed by atoms with Gasteiger partial charge in [-0.2, -0.15) is 5.10 Å². The van der Waals surface area contributed by atoms with Gasteiger partial charge in [0.05, 0.1) is 12.8 Å². The lowest BCUT2D eigenvalue weighted by Gasteiger charge is -2.10. The van der Waals surface area contributed by atoms with Crippen LogP contribution in [-0.2, 0) is 11.3 Å². The molecule has 6 nitrogen and oxygen atoms in total. The third-order valence-electron chi connectivity index (χ3n) is 5.35. The van der Waals surface area contributed by atoms with Crippen LogP contribution in [0.15, 0.2) is 84.0 Å². The number of carbonyl (C=O) groups excluding carboxylic acids is 1. The highest BCUT2D eigenvalue weighted by Gasteiger charge is 2.13. The van der Waals surface area contributed by atoms with E-state index in [1.165, 1.54) is 5.56 Å². The molecule has 1 aromatic heterocycles. The van der Waals surface area contributed by atoms with E-state index >= 15 is 0 Å². The van der Waals surface area contributed by atoms with Crippen molar-refractivity contribution in [2.24, 2.45) is 5.10 Å². The Hall–Kier alpha value is -4.06. The Bertz CT molecular complexity index is 1260. The molecule has 0 atom stereocenters. The molecule has 0 unspecified atom stereocenters. The molecule has 0 radical (unpaired) electrons. The number of hydrogen-bond acceptors (Lipinski definition) is 4. The first-order chi connectivity index (χ1) is 16.2. The molecule has 1 N–H and O–H groups in total. The topological polar surface area (TPSA) is 64.8 Å². The second-order valence-electron chi connectivity index (χ2n) is 7.55. The van der Waals surface area contributed by atoms with Gasteiger partial charge in [-0.3, -0.25) is 4.79 Å². The molecule has 0 bridgehead atoms. The zero-order chi connectivity index (χ0) is 23.0. The quantitative estimate of drug-likeness (QED) is 0.296. The van der Waals surface area contributed by atoms with Gasteiger partial charge >= 0.3 is 0 Å². The van der Waals surface area contributed by atoms with Crippen LogP contribution in [-0.4, -0.2) is 29.9 Å². The number of aromatic nitrogens is 1. The fourth-order valence-corrected chi connectivity index (χ4v) is 3.78. The number of ether oxygens (including phenoxy) is 2. The molecule has 1 heterocycles. The largest absolute Gasteiger partial charge is 0.490 e. The summed E-state index contributed by atoms with van der Waals surface area (Å²) in [6.45, 7) is 5.10. The minimum atomic E-state index is -0.344. The summed E-state index contributed by atoms with van der Waals surface area (Å²) < 4.78 is 13.4. The van der Waals surface area contributed by atoms with Crippen molar-refractivity contribution in [3.8, 4) is 11.5 Å². The molecule has 168 valence electrons. The lowest BCUT2D eigenvalue weighted by Crippen LogP contribution is -2.24. The molecule has 0 aliphatic carbocycles. The van der Waals surface area contributed by atoms with Gasteiger partial charge in [0.25, 0.3) is 5.91 Å². The van der Waals surface area contributed by atoms with Gasteiger partial charge in [0, 0.05) is 28.7 Å². The van der Waals surface area contributed by atoms with Crippen LogP contribution in [0, 0.1) is 6.92 Å². The number of amides is 1. The van der Waals surface area contributed by atoms with Crippen molar-refractivity contribution in [3.63, 3.8) is 0 Å². The number of fused-ring (bicyclic) bond motifs is 1. The standard InChI is InChI=1S/C27H27N3O3/c1-3-32-25-15-9-10-16-26(25)33-19-27(31)29-28-17-23-20(2)30(18-21-11-5-4-6-12-21)24-14-8-7-13-22(23)24/h4-17H,3,18-19H2,1-2H3,(H,29,31). The fourth-order valence-electron chi connectivity index (χ4n) is 3.78. The summed E-state index contributed by atoms with van der Waals surface area (Å²) >= 11 is 0. The van der Waals surface area contributed by atoms with E-state index in [1.807, 2.05) is 55.5 Å². The molecule has 0 fully saturated rings. The molecule has 0 aliphatic rings. The Labute approximate surface area is 193 Å². The van der Waals surface area contributed by atoms with Crippen molar-refractivity contribution in [1.29, 1.82) is 0 Å². The number of nitrogens with one attached hydrogen (secondary N) is 1. The van der Waals surface area contributed by atoms with Gasteiger partial charge in [-0.15, -0.1) is 0 Å². The Balaban J connectivity index is 1.46. The van der Waals surface area contributed by atoms with E-state index in [0.29, 0.717) is 18.1 Å². The second-order valence-corrected chi connectivity index (χ2v) is 7.55. The van der Waals surface area contributed by atoms with Crippen LogP contribution in [0.1, 0.15) is 23.7 Å². The van der Waals surface area contributed by atoms with Gasteiger partial charge in [-0.25, -0.2) is 5.43 Å². The minimum Gasteiger partial charge on any atom is -0.490 e. The van der Waals surface area contributed by atoms with Gasteiger partial charge in [-0.1, -0.05) is 60.7 Å². The van der Waals surface area contributed by atoms with Crippen LogP contribution in [0.3, 0.4) is 0 Å². The molecular formula is C27H27N3O3. The normalized spacial score (nSPS) is 11.1. The average molecular weight is 442 g/mol. The number of carbonyl (C=O) groups is 1. The van der Waals surface area contributed by atoms with Crippen LogP contribution in [0.4, 0.5) is 0 Å². The monoisotopic (exact) mass is 441 g/mol. The number of nitrogens with zero attached hydrogens (tertiary/aromatic N) is 2. The first-order valence-electron chi connectivity index (χ1n) is 11.0. The van der Waals surface area contributed by atoms with E-state index in [0.717, 1.165) is 28.7 Å². The number of hydrogen-bond donors (Lipinski definition) is 1. The van der Waals surface area contributed by atoms with Crippen molar-refractivity contribution in [1.82, 2.24) is 9.99 Å². The summed E-state index contributed by atoms with van der Waals surface area (Å²) in [5, 5.41) is 5.28. The predicted octanol–water partition coefficient (Wildman–Crippen LogP) is 4.93. The number of benzene rings is 3. The maximum absolute atomic E-state index is 12.3. The Morgan fingerprint density at radius 2 is 1.61 bits per heavy atom. The lowest BCUT2D eigenvalue weighted by molar-refractivity contribution is -0.123. The lowest BCUT2D eigenvalue weighted by atomic mass is 10.1. The Morgan fingerprint density at radius 1 is 0.939 bits per heavy atom. The molecule has 0 aliphatic heterocycles. The third-order valence-corrected chi connectivity index (χ3v) is 5.35. The van der Waals surface area contributed by atoms with E-state index in [9.17, 15) is 4.79 Å². The maximum Gasteiger partial charge on any atom is 0.277 e.